The Hall–Kier alpha value is -2.36. The maximum atomic E-state index is 11.7. The van der Waals surface area contributed by atoms with Gasteiger partial charge in [0.25, 0.3) is 5.91 Å². The first-order chi connectivity index (χ1) is 8.70. The number of H-pyrrole nitrogens is 1. The summed E-state index contributed by atoms with van der Waals surface area (Å²) < 4.78 is 0. The highest BCUT2D eigenvalue weighted by atomic mass is 16.1. The fourth-order valence-corrected chi connectivity index (χ4v) is 2.25. The summed E-state index contributed by atoms with van der Waals surface area (Å²) >= 11 is 0. The number of aromatic amines is 1. The monoisotopic (exact) mass is 239 g/mol. The van der Waals surface area contributed by atoms with E-state index in [-0.39, 0.29) is 5.91 Å². The molecule has 0 aliphatic rings. The van der Waals surface area contributed by atoms with Crippen molar-refractivity contribution < 1.29 is 4.79 Å². The van der Waals surface area contributed by atoms with Crippen LogP contribution in [0.15, 0.2) is 30.3 Å². The number of pyridine rings is 1. The molecule has 0 fully saturated rings. The van der Waals surface area contributed by atoms with E-state index < -0.39 is 0 Å². The van der Waals surface area contributed by atoms with E-state index in [2.05, 4.69) is 15.3 Å². The topological polar surface area (TPSA) is 57.8 Å². The van der Waals surface area contributed by atoms with Gasteiger partial charge in [-0.2, -0.15) is 0 Å². The van der Waals surface area contributed by atoms with Crippen molar-refractivity contribution in [3.05, 3.63) is 41.7 Å². The number of hydrogen-bond acceptors (Lipinski definition) is 2. The Morgan fingerprint density at radius 3 is 2.83 bits per heavy atom. The molecule has 0 saturated carbocycles. The van der Waals surface area contributed by atoms with Gasteiger partial charge in [0.2, 0.25) is 0 Å². The fraction of sp³-hybridized carbons (Fsp3) is 0.143. The molecule has 0 aliphatic heterocycles. The molecule has 18 heavy (non-hydrogen) atoms. The summed E-state index contributed by atoms with van der Waals surface area (Å²) in [4.78, 5) is 19.3. The molecular formula is C14H13N3O. The summed E-state index contributed by atoms with van der Waals surface area (Å²) in [7, 11) is 1.61. The summed E-state index contributed by atoms with van der Waals surface area (Å²) in [6.07, 6.45) is 0. The Bertz CT molecular complexity index is 758. The van der Waals surface area contributed by atoms with E-state index in [1.807, 2.05) is 37.3 Å². The lowest BCUT2D eigenvalue weighted by Gasteiger charge is -2.02. The summed E-state index contributed by atoms with van der Waals surface area (Å²) in [5.41, 5.74) is 3.34. The normalized spacial score (nSPS) is 11.0. The van der Waals surface area contributed by atoms with E-state index in [1.165, 1.54) is 0 Å². The molecule has 1 amide bonds. The van der Waals surface area contributed by atoms with E-state index in [1.54, 1.807) is 7.05 Å². The molecule has 0 bridgehead atoms. The lowest BCUT2D eigenvalue weighted by atomic mass is 10.1. The number of aryl methyl sites for hydroxylation is 1. The van der Waals surface area contributed by atoms with Crippen LogP contribution in [0.25, 0.3) is 21.8 Å². The zero-order valence-corrected chi connectivity index (χ0v) is 10.2. The summed E-state index contributed by atoms with van der Waals surface area (Å²) in [5.74, 6) is -0.162. The van der Waals surface area contributed by atoms with Crippen LogP contribution in [-0.2, 0) is 0 Å². The third-order valence-electron chi connectivity index (χ3n) is 3.14. The van der Waals surface area contributed by atoms with E-state index in [0.29, 0.717) is 5.69 Å². The van der Waals surface area contributed by atoms with Crippen molar-refractivity contribution in [2.45, 2.75) is 6.92 Å². The predicted octanol–water partition coefficient (Wildman–Crippen LogP) is 2.38. The van der Waals surface area contributed by atoms with Gasteiger partial charge in [-0.1, -0.05) is 18.2 Å². The highest BCUT2D eigenvalue weighted by molar-refractivity contribution is 6.09. The van der Waals surface area contributed by atoms with Crippen LogP contribution in [0.4, 0.5) is 0 Å². The molecule has 0 unspecified atom stereocenters. The van der Waals surface area contributed by atoms with Gasteiger partial charge in [-0.3, -0.25) is 4.79 Å². The van der Waals surface area contributed by atoms with E-state index in [4.69, 9.17) is 0 Å². The number of nitrogens with one attached hydrogen (secondary N) is 2. The van der Waals surface area contributed by atoms with Gasteiger partial charge in [0.05, 0.1) is 11.2 Å². The standard InChI is InChI=1S/C14H13N3O/c1-8-13-10(7-12(16-8)14(18)15-2)9-5-3-4-6-11(9)17-13/h3-7,17H,1-2H3,(H,15,18). The van der Waals surface area contributed by atoms with Crippen molar-refractivity contribution >= 4 is 27.7 Å². The molecule has 1 aromatic carbocycles. The van der Waals surface area contributed by atoms with Gasteiger partial charge in [0.15, 0.2) is 0 Å². The Labute approximate surface area is 104 Å². The quantitative estimate of drug-likeness (QED) is 0.685. The van der Waals surface area contributed by atoms with Crippen molar-refractivity contribution in [3.8, 4) is 0 Å². The maximum absolute atomic E-state index is 11.7. The number of carbonyl (C=O) groups excluding carboxylic acids is 1. The summed E-state index contributed by atoms with van der Waals surface area (Å²) in [6.45, 7) is 1.91. The van der Waals surface area contributed by atoms with E-state index in [0.717, 1.165) is 27.5 Å². The highest BCUT2D eigenvalue weighted by Gasteiger charge is 2.12. The summed E-state index contributed by atoms with van der Waals surface area (Å²) in [5, 5.41) is 4.75. The largest absolute Gasteiger partial charge is 0.354 e. The number of nitrogens with zero attached hydrogens (tertiary/aromatic N) is 1. The number of benzene rings is 1. The molecular weight excluding hydrogens is 226 g/mol. The first kappa shape index (κ1) is 10.8. The second kappa shape index (κ2) is 3.84. The zero-order chi connectivity index (χ0) is 12.7. The van der Waals surface area contributed by atoms with Gasteiger partial charge < -0.3 is 10.3 Å². The number of hydrogen-bond donors (Lipinski definition) is 2. The number of para-hydroxylation sites is 1. The Morgan fingerprint density at radius 2 is 2.06 bits per heavy atom. The van der Waals surface area contributed by atoms with Crippen molar-refractivity contribution in [3.63, 3.8) is 0 Å². The average Bonchev–Trinajstić information content (AvgIpc) is 2.77. The van der Waals surface area contributed by atoms with E-state index >= 15 is 0 Å². The van der Waals surface area contributed by atoms with Crippen LogP contribution < -0.4 is 5.32 Å². The fourth-order valence-electron chi connectivity index (χ4n) is 2.25. The second-order valence-corrected chi connectivity index (χ2v) is 4.27. The van der Waals surface area contributed by atoms with Gasteiger partial charge in [-0.05, 0) is 19.1 Å². The highest BCUT2D eigenvalue weighted by Crippen LogP contribution is 2.27. The minimum atomic E-state index is -0.162. The van der Waals surface area contributed by atoms with Gasteiger partial charge in [-0.25, -0.2) is 4.98 Å². The van der Waals surface area contributed by atoms with Crippen molar-refractivity contribution in [1.29, 1.82) is 0 Å². The van der Waals surface area contributed by atoms with Crippen LogP contribution in [-0.4, -0.2) is 22.9 Å². The van der Waals surface area contributed by atoms with Gasteiger partial charge in [-0.15, -0.1) is 0 Å². The zero-order valence-electron chi connectivity index (χ0n) is 10.2. The summed E-state index contributed by atoms with van der Waals surface area (Å²) in [6, 6.07) is 9.88. The van der Waals surface area contributed by atoms with Crippen LogP contribution in [0.1, 0.15) is 16.2 Å². The van der Waals surface area contributed by atoms with Crippen molar-refractivity contribution in [2.75, 3.05) is 7.05 Å². The molecule has 0 saturated heterocycles. The molecule has 4 nitrogen and oxygen atoms in total. The lowest BCUT2D eigenvalue weighted by molar-refractivity contribution is 0.0958. The average molecular weight is 239 g/mol. The first-order valence-electron chi connectivity index (χ1n) is 5.81. The van der Waals surface area contributed by atoms with Gasteiger partial charge in [0, 0.05) is 23.3 Å². The van der Waals surface area contributed by atoms with Gasteiger partial charge in [0.1, 0.15) is 5.69 Å². The lowest BCUT2D eigenvalue weighted by Crippen LogP contribution is -2.19. The van der Waals surface area contributed by atoms with Crippen molar-refractivity contribution in [1.82, 2.24) is 15.3 Å². The Morgan fingerprint density at radius 1 is 1.28 bits per heavy atom. The SMILES string of the molecule is CNC(=O)c1cc2c([nH]c3ccccc32)c(C)n1. The maximum Gasteiger partial charge on any atom is 0.269 e. The van der Waals surface area contributed by atoms with Gasteiger partial charge >= 0.3 is 0 Å². The molecule has 2 heterocycles. The first-order valence-corrected chi connectivity index (χ1v) is 5.81. The number of amides is 1. The van der Waals surface area contributed by atoms with Crippen LogP contribution >= 0.6 is 0 Å². The number of aromatic nitrogens is 2. The molecule has 4 heteroatoms. The number of fused-ring (bicyclic) bond motifs is 3. The van der Waals surface area contributed by atoms with E-state index in [9.17, 15) is 4.79 Å². The molecule has 0 atom stereocenters. The number of rotatable bonds is 1. The molecule has 90 valence electrons. The molecule has 2 N–H and O–H groups in total. The minimum absolute atomic E-state index is 0.162. The van der Waals surface area contributed by atoms with Crippen LogP contribution in [0.5, 0.6) is 0 Å². The minimum Gasteiger partial charge on any atom is -0.354 e. The molecule has 3 rings (SSSR count). The second-order valence-electron chi connectivity index (χ2n) is 4.27. The molecule has 0 aliphatic carbocycles. The van der Waals surface area contributed by atoms with Crippen molar-refractivity contribution in [2.24, 2.45) is 0 Å². The smallest absolute Gasteiger partial charge is 0.269 e. The Balaban J connectivity index is 2.40. The molecule has 2 aromatic heterocycles. The molecule has 3 aromatic rings. The van der Waals surface area contributed by atoms with Crippen LogP contribution in [0.2, 0.25) is 0 Å². The number of carbonyl (C=O) groups is 1. The third kappa shape index (κ3) is 1.46. The molecule has 0 spiro atoms. The molecule has 0 radical (unpaired) electrons. The third-order valence-corrected chi connectivity index (χ3v) is 3.14. The predicted molar refractivity (Wildman–Crippen MR) is 71.7 cm³/mol. The van der Waals surface area contributed by atoms with Crippen LogP contribution in [0, 0.1) is 6.92 Å². The van der Waals surface area contributed by atoms with Crippen LogP contribution in [0.3, 0.4) is 0 Å². The Kier molecular flexibility index (Phi) is 2.30.